The Hall–Kier alpha value is -0.732. The molecule has 2 rings (SSSR count). The average Bonchev–Trinajstić information content (AvgIpc) is 2.33. The molecular formula is C11H15AsFN3. The van der Waals surface area contributed by atoms with Gasteiger partial charge in [-0.2, -0.15) is 0 Å². The molecule has 0 atom stereocenters. The fourth-order valence-corrected chi connectivity index (χ4v) is 2.31. The Balaban J connectivity index is 2.07. The number of rotatable bonds is 3. The van der Waals surface area contributed by atoms with Crippen LogP contribution in [0.4, 0.5) is 15.8 Å². The van der Waals surface area contributed by atoms with Gasteiger partial charge in [0.1, 0.15) is 0 Å². The van der Waals surface area contributed by atoms with Gasteiger partial charge in [-0.25, -0.2) is 0 Å². The number of piperidine rings is 1. The van der Waals surface area contributed by atoms with Crippen LogP contribution in [0.3, 0.4) is 0 Å². The molecule has 1 saturated heterocycles. The van der Waals surface area contributed by atoms with Crippen LogP contribution in [0, 0.1) is 5.82 Å². The zero-order valence-corrected chi connectivity index (χ0v) is 10.8. The van der Waals surface area contributed by atoms with E-state index in [1.165, 1.54) is 12.1 Å². The van der Waals surface area contributed by atoms with Gasteiger partial charge in [0, 0.05) is 0 Å². The van der Waals surface area contributed by atoms with Crippen molar-refractivity contribution in [1.82, 2.24) is 5.32 Å². The molecular weight excluding hydrogens is 268 g/mol. The second kappa shape index (κ2) is 5.55. The van der Waals surface area contributed by atoms with E-state index in [-0.39, 0.29) is 5.82 Å². The first-order valence-corrected chi connectivity index (χ1v) is 6.40. The second-order valence-electron chi connectivity index (χ2n) is 3.97. The summed E-state index contributed by atoms with van der Waals surface area (Å²) in [5.74, 6) is -0.218. The zero-order chi connectivity index (χ0) is 11.4. The Labute approximate surface area is 104 Å². The summed E-state index contributed by atoms with van der Waals surface area (Å²) in [5, 5.41) is 6.77. The fourth-order valence-electron chi connectivity index (χ4n) is 1.92. The van der Waals surface area contributed by atoms with Crippen molar-refractivity contribution in [3.8, 4) is 0 Å². The van der Waals surface area contributed by atoms with Gasteiger partial charge >= 0.3 is 104 Å². The van der Waals surface area contributed by atoms with E-state index < -0.39 is 0 Å². The summed E-state index contributed by atoms with van der Waals surface area (Å²) in [7, 11) is 0. The third-order valence-electron chi connectivity index (χ3n) is 2.80. The monoisotopic (exact) mass is 283 g/mol. The van der Waals surface area contributed by atoms with Crippen molar-refractivity contribution in [2.75, 3.05) is 22.6 Å². The van der Waals surface area contributed by atoms with Crippen LogP contribution in [0.15, 0.2) is 18.2 Å². The SMILES string of the molecule is Fc1ccc(NC2CCNCC2)c(N[As])c1. The van der Waals surface area contributed by atoms with Gasteiger partial charge in [-0.05, 0) is 0 Å². The summed E-state index contributed by atoms with van der Waals surface area (Å²) in [5.41, 5.74) is 1.76. The number of hydrogen-bond donors (Lipinski definition) is 3. The molecule has 1 aromatic carbocycles. The van der Waals surface area contributed by atoms with Crippen LogP contribution < -0.4 is 14.9 Å². The van der Waals surface area contributed by atoms with Gasteiger partial charge in [0.05, 0.1) is 0 Å². The van der Waals surface area contributed by atoms with Crippen molar-refractivity contribution in [2.45, 2.75) is 18.9 Å². The maximum absolute atomic E-state index is 13.0. The molecule has 5 heteroatoms. The molecule has 1 aliphatic heterocycles. The van der Waals surface area contributed by atoms with Crippen LogP contribution in [0.2, 0.25) is 0 Å². The van der Waals surface area contributed by atoms with Gasteiger partial charge in [0.15, 0.2) is 0 Å². The van der Waals surface area contributed by atoms with Gasteiger partial charge < -0.3 is 0 Å². The number of halogens is 1. The first kappa shape index (κ1) is 11.7. The van der Waals surface area contributed by atoms with Crippen molar-refractivity contribution < 1.29 is 4.39 Å². The summed E-state index contributed by atoms with van der Waals surface area (Å²) < 4.78 is 16.0. The number of hydrogen-bond acceptors (Lipinski definition) is 3. The molecule has 0 aromatic heterocycles. The van der Waals surface area contributed by atoms with E-state index in [0.717, 1.165) is 37.3 Å². The first-order chi connectivity index (χ1) is 7.79. The molecule has 1 heterocycles. The van der Waals surface area contributed by atoms with E-state index >= 15 is 0 Å². The molecule has 0 aliphatic carbocycles. The summed E-state index contributed by atoms with van der Waals surface area (Å²) in [6.07, 6.45) is 2.21. The third-order valence-corrected chi connectivity index (χ3v) is 3.31. The van der Waals surface area contributed by atoms with Crippen molar-refractivity contribution >= 4 is 28.5 Å². The van der Waals surface area contributed by atoms with Gasteiger partial charge in [-0.3, -0.25) is 0 Å². The minimum absolute atomic E-state index is 0.218. The number of anilines is 2. The zero-order valence-electron chi connectivity index (χ0n) is 8.96. The molecule has 2 radical (unpaired) electrons. The second-order valence-corrected chi connectivity index (χ2v) is 4.44. The summed E-state index contributed by atoms with van der Waals surface area (Å²) in [4.78, 5) is 0. The van der Waals surface area contributed by atoms with Crippen molar-refractivity contribution in [3.05, 3.63) is 24.0 Å². The average molecular weight is 283 g/mol. The van der Waals surface area contributed by atoms with Gasteiger partial charge in [0.25, 0.3) is 0 Å². The summed E-state index contributed by atoms with van der Waals surface area (Å²) in [6.45, 7) is 2.09. The van der Waals surface area contributed by atoms with Gasteiger partial charge in [0.2, 0.25) is 0 Å². The molecule has 1 fully saturated rings. The van der Waals surface area contributed by atoms with Crippen LogP contribution in [-0.4, -0.2) is 36.2 Å². The molecule has 0 unspecified atom stereocenters. The van der Waals surface area contributed by atoms with E-state index in [9.17, 15) is 4.39 Å². The van der Waals surface area contributed by atoms with E-state index in [0.29, 0.717) is 6.04 Å². The van der Waals surface area contributed by atoms with E-state index in [2.05, 4.69) is 31.9 Å². The standard InChI is InChI=1S/C11H15AsFN3/c12-16-11-7-8(13)1-2-10(11)15-9-3-5-14-6-4-9/h1-2,7,9,14-16H,3-6H2. The molecule has 0 saturated carbocycles. The Kier molecular flexibility index (Phi) is 4.08. The Morgan fingerprint density at radius 2 is 2.00 bits per heavy atom. The maximum atomic E-state index is 13.0. The van der Waals surface area contributed by atoms with Crippen molar-refractivity contribution in [1.29, 1.82) is 0 Å². The number of benzene rings is 1. The molecule has 3 N–H and O–H groups in total. The van der Waals surface area contributed by atoms with Crippen LogP contribution in [0.25, 0.3) is 0 Å². The molecule has 1 aliphatic rings. The van der Waals surface area contributed by atoms with Crippen LogP contribution >= 0.6 is 0 Å². The predicted molar refractivity (Wildman–Crippen MR) is 65.3 cm³/mol. The van der Waals surface area contributed by atoms with Crippen molar-refractivity contribution in [2.24, 2.45) is 0 Å². The van der Waals surface area contributed by atoms with Crippen LogP contribution in [0.1, 0.15) is 12.8 Å². The molecule has 86 valence electrons. The predicted octanol–water partition coefficient (Wildman–Crippen LogP) is 1.48. The van der Waals surface area contributed by atoms with Crippen LogP contribution in [0.5, 0.6) is 0 Å². The summed E-state index contributed by atoms with van der Waals surface area (Å²) >= 11 is 2.25. The van der Waals surface area contributed by atoms with E-state index in [1.807, 2.05) is 0 Å². The van der Waals surface area contributed by atoms with E-state index in [1.54, 1.807) is 6.07 Å². The minimum atomic E-state index is -0.218. The molecule has 1 aromatic rings. The Bertz CT molecular complexity index is 353. The first-order valence-electron chi connectivity index (χ1n) is 5.46. The molecule has 0 bridgehead atoms. The van der Waals surface area contributed by atoms with Crippen LogP contribution in [-0.2, 0) is 0 Å². The van der Waals surface area contributed by atoms with Gasteiger partial charge in [-0.1, -0.05) is 0 Å². The Morgan fingerprint density at radius 1 is 1.25 bits per heavy atom. The molecule has 0 spiro atoms. The third kappa shape index (κ3) is 2.89. The fraction of sp³-hybridized carbons (Fsp3) is 0.455. The molecule has 3 nitrogen and oxygen atoms in total. The topological polar surface area (TPSA) is 36.1 Å². The van der Waals surface area contributed by atoms with Gasteiger partial charge in [-0.15, -0.1) is 0 Å². The Morgan fingerprint density at radius 3 is 2.69 bits per heavy atom. The molecule has 0 amide bonds. The van der Waals surface area contributed by atoms with Crippen molar-refractivity contribution in [3.63, 3.8) is 0 Å². The normalized spacial score (nSPS) is 17.1. The number of nitrogens with one attached hydrogen (secondary N) is 3. The molecule has 16 heavy (non-hydrogen) atoms. The van der Waals surface area contributed by atoms with E-state index in [4.69, 9.17) is 0 Å². The quantitative estimate of drug-likeness (QED) is 0.736. The summed E-state index contributed by atoms with van der Waals surface area (Å²) in [6, 6.07) is 5.25.